The van der Waals surface area contributed by atoms with Gasteiger partial charge in [-0.15, -0.1) is 8.78 Å². The van der Waals surface area contributed by atoms with Gasteiger partial charge in [0.15, 0.2) is 17.3 Å². The van der Waals surface area contributed by atoms with E-state index in [4.69, 9.17) is 4.74 Å². The van der Waals surface area contributed by atoms with Gasteiger partial charge in [-0.1, -0.05) is 0 Å². The summed E-state index contributed by atoms with van der Waals surface area (Å²) in [5, 5.41) is 10.9. The fraction of sp³-hybridized carbons (Fsp3) is 0.381. The molecule has 1 aromatic carbocycles. The van der Waals surface area contributed by atoms with E-state index in [0.717, 1.165) is 11.2 Å². The Balaban J connectivity index is 1.29. The number of hydrogen-bond donors (Lipinski definition) is 2. The van der Waals surface area contributed by atoms with Crippen LogP contribution in [-0.4, -0.2) is 44.0 Å². The molecule has 166 valence electrons. The van der Waals surface area contributed by atoms with E-state index in [2.05, 4.69) is 30.2 Å². The van der Waals surface area contributed by atoms with Crippen molar-refractivity contribution in [1.82, 2.24) is 19.9 Å². The third-order valence-electron chi connectivity index (χ3n) is 6.20. The quantitative estimate of drug-likeness (QED) is 0.626. The topological polar surface area (TPSA) is 99.0 Å². The fourth-order valence-corrected chi connectivity index (χ4v) is 5.11. The molecule has 0 spiro atoms. The van der Waals surface area contributed by atoms with Crippen LogP contribution in [0.1, 0.15) is 25.5 Å². The van der Waals surface area contributed by atoms with E-state index in [0.29, 0.717) is 24.4 Å². The number of carbonyl (C=O) groups is 1. The average molecular weight is 443 g/mol. The first-order chi connectivity index (χ1) is 15.2. The Morgan fingerprint density at radius 1 is 1.22 bits per heavy atom. The first-order valence-corrected chi connectivity index (χ1v) is 10.1. The summed E-state index contributed by atoms with van der Waals surface area (Å²) in [4.78, 5) is 16.3. The molecule has 4 aliphatic rings. The molecule has 3 aliphatic carbocycles. The lowest BCUT2D eigenvalue weighted by molar-refractivity contribution is -0.286. The number of halogens is 2. The van der Waals surface area contributed by atoms with Gasteiger partial charge < -0.3 is 24.8 Å². The van der Waals surface area contributed by atoms with Gasteiger partial charge in [0, 0.05) is 38.2 Å². The molecule has 1 aliphatic heterocycles. The van der Waals surface area contributed by atoms with E-state index < -0.39 is 23.5 Å². The maximum absolute atomic E-state index is 13.4. The number of carbonyl (C=O) groups excluding carboxylic acids is 1. The van der Waals surface area contributed by atoms with Crippen molar-refractivity contribution in [2.45, 2.75) is 50.2 Å². The van der Waals surface area contributed by atoms with Crippen LogP contribution in [0.15, 0.2) is 36.7 Å². The number of amides is 1. The zero-order valence-corrected chi connectivity index (χ0v) is 17.2. The maximum Gasteiger partial charge on any atom is 0.586 e. The van der Waals surface area contributed by atoms with Crippen molar-refractivity contribution in [3.8, 4) is 17.2 Å². The highest BCUT2D eigenvalue weighted by Crippen LogP contribution is 2.63. The number of ether oxygens (including phenoxy) is 3. The van der Waals surface area contributed by atoms with Gasteiger partial charge in [-0.2, -0.15) is 5.10 Å². The minimum atomic E-state index is -3.70. The Kier molecular flexibility index (Phi) is 3.57. The molecule has 0 saturated heterocycles. The minimum Gasteiger partial charge on any atom is -0.485 e. The van der Waals surface area contributed by atoms with Crippen molar-refractivity contribution < 1.29 is 27.8 Å². The molecule has 1 unspecified atom stereocenters. The Labute approximate surface area is 180 Å². The minimum absolute atomic E-state index is 0.0579. The van der Waals surface area contributed by atoms with Gasteiger partial charge in [-0.3, -0.25) is 4.79 Å². The Hall–Kier alpha value is -3.63. The predicted octanol–water partition coefficient (Wildman–Crippen LogP) is 2.64. The van der Waals surface area contributed by atoms with Crippen LogP contribution in [0.4, 0.5) is 14.6 Å². The smallest absolute Gasteiger partial charge is 0.485 e. The van der Waals surface area contributed by atoms with Crippen LogP contribution in [0.3, 0.4) is 0 Å². The molecule has 11 heteroatoms. The van der Waals surface area contributed by atoms with Crippen molar-refractivity contribution in [3.05, 3.63) is 42.4 Å². The highest BCUT2D eigenvalue weighted by Gasteiger charge is 2.79. The third-order valence-corrected chi connectivity index (χ3v) is 6.20. The van der Waals surface area contributed by atoms with Crippen LogP contribution in [-0.2, 0) is 4.79 Å². The predicted molar refractivity (Wildman–Crippen MR) is 107 cm³/mol. The highest BCUT2D eigenvalue weighted by atomic mass is 19.3. The number of hydrogen-bond acceptors (Lipinski definition) is 7. The number of nitrogens with zero attached hydrogens (tertiary/aromatic N) is 3. The monoisotopic (exact) mass is 443 g/mol. The summed E-state index contributed by atoms with van der Waals surface area (Å²) in [7, 11) is 0. The first kappa shape index (κ1) is 19.1. The second-order valence-electron chi connectivity index (χ2n) is 8.64. The normalized spacial score (nSPS) is 28.6. The van der Waals surface area contributed by atoms with Crippen molar-refractivity contribution in [2.24, 2.45) is 0 Å². The van der Waals surface area contributed by atoms with E-state index in [-0.39, 0.29) is 17.4 Å². The van der Waals surface area contributed by atoms with Crippen LogP contribution in [0.25, 0.3) is 5.52 Å². The van der Waals surface area contributed by atoms with E-state index in [9.17, 15) is 13.6 Å². The summed E-state index contributed by atoms with van der Waals surface area (Å²) in [6.07, 6.45) is 0.569. The van der Waals surface area contributed by atoms with Crippen LogP contribution >= 0.6 is 0 Å². The zero-order chi connectivity index (χ0) is 22.3. The largest absolute Gasteiger partial charge is 0.586 e. The van der Waals surface area contributed by atoms with Crippen molar-refractivity contribution in [1.29, 1.82) is 0 Å². The maximum atomic E-state index is 13.4. The lowest BCUT2D eigenvalue weighted by Gasteiger charge is -2.74. The average Bonchev–Trinajstić information content (AvgIpc) is 3.21. The Morgan fingerprint density at radius 3 is 2.78 bits per heavy atom. The van der Waals surface area contributed by atoms with Gasteiger partial charge in [-0.25, -0.2) is 9.50 Å². The summed E-state index contributed by atoms with van der Waals surface area (Å²) in [5.41, 5.74) is 0.668. The standard InChI is InChI=1S/C21H19F2N5O4/c1-11-7-14-17(24-5-6-28(14)27-11)26-20-9-19(10-20,25-12(2)29)18(20)30-13-3-4-15-16(8-13)32-21(22,23)31-15/h3-8,18H,9-10H2,1-2H3,(H,24,26)(H,25,29). The fourth-order valence-electron chi connectivity index (χ4n) is 5.11. The van der Waals surface area contributed by atoms with Crippen LogP contribution in [0.2, 0.25) is 0 Å². The number of nitrogens with one attached hydrogen (secondary N) is 2. The second-order valence-corrected chi connectivity index (χ2v) is 8.64. The van der Waals surface area contributed by atoms with Crippen LogP contribution in [0, 0.1) is 6.92 Å². The molecule has 2 bridgehead atoms. The number of fused-ring (bicyclic) bond motifs is 2. The van der Waals surface area contributed by atoms with E-state index >= 15 is 0 Å². The highest BCUT2D eigenvalue weighted by molar-refractivity contribution is 5.76. The molecular formula is C21H19F2N5O4. The lowest BCUT2D eigenvalue weighted by atomic mass is 9.41. The zero-order valence-electron chi connectivity index (χ0n) is 17.2. The summed E-state index contributed by atoms with van der Waals surface area (Å²) in [6, 6.07) is 6.20. The van der Waals surface area contributed by atoms with Gasteiger partial charge in [0.25, 0.3) is 0 Å². The number of alkyl halides is 2. The molecule has 7 rings (SSSR count). The Morgan fingerprint density at radius 2 is 2.00 bits per heavy atom. The molecule has 2 aromatic heterocycles. The Bertz CT molecular complexity index is 1270. The number of benzene rings is 1. The number of aromatic nitrogens is 3. The molecular weight excluding hydrogens is 424 g/mol. The molecule has 3 heterocycles. The van der Waals surface area contributed by atoms with Gasteiger partial charge in [0.05, 0.1) is 16.8 Å². The molecule has 1 amide bonds. The van der Waals surface area contributed by atoms with Crippen LogP contribution in [0.5, 0.6) is 17.2 Å². The van der Waals surface area contributed by atoms with Crippen molar-refractivity contribution in [3.63, 3.8) is 0 Å². The summed E-state index contributed by atoms with van der Waals surface area (Å²) >= 11 is 0. The van der Waals surface area contributed by atoms with Crippen LogP contribution < -0.4 is 24.8 Å². The summed E-state index contributed by atoms with van der Waals surface area (Å²) < 4.78 is 43.6. The SMILES string of the molecule is CC(=O)NC12CC(Nc3nccn4nc(C)cc34)(C1)C2Oc1ccc2c(c1)OC(F)(F)O2. The number of rotatable bonds is 5. The van der Waals surface area contributed by atoms with E-state index in [1.54, 1.807) is 16.9 Å². The first-order valence-electron chi connectivity index (χ1n) is 10.1. The summed E-state index contributed by atoms with van der Waals surface area (Å²) in [6.45, 7) is 3.36. The molecule has 3 aromatic rings. The van der Waals surface area contributed by atoms with E-state index in [1.165, 1.54) is 25.1 Å². The molecule has 32 heavy (non-hydrogen) atoms. The molecule has 3 saturated carbocycles. The number of aryl methyl sites for hydroxylation is 1. The molecule has 3 fully saturated rings. The third kappa shape index (κ3) is 2.69. The number of anilines is 1. The van der Waals surface area contributed by atoms with Gasteiger partial charge in [0.2, 0.25) is 5.91 Å². The molecule has 9 nitrogen and oxygen atoms in total. The molecule has 1 atom stereocenters. The van der Waals surface area contributed by atoms with Gasteiger partial charge in [0.1, 0.15) is 17.4 Å². The second kappa shape index (κ2) is 5.99. The molecule has 0 radical (unpaired) electrons. The van der Waals surface area contributed by atoms with Crippen molar-refractivity contribution in [2.75, 3.05) is 5.32 Å². The van der Waals surface area contributed by atoms with Gasteiger partial charge in [-0.05, 0) is 25.1 Å². The summed E-state index contributed by atoms with van der Waals surface area (Å²) in [5.74, 6) is 0.670. The van der Waals surface area contributed by atoms with Gasteiger partial charge >= 0.3 is 6.29 Å². The van der Waals surface area contributed by atoms with E-state index in [1.807, 2.05) is 13.0 Å². The molecule has 2 N–H and O–H groups in total. The van der Waals surface area contributed by atoms with Crippen molar-refractivity contribution >= 4 is 17.2 Å². The lowest BCUT2D eigenvalue weighted by Crippen LogP contribution is -2.92.